The molecule has 4 N–H and O–H groups in total. The molecule has 0 aliphatic heterocycles. The molecule has 0 aromatic carbocycles. The van der Waals surface area contributed by atoms with Crippen LogP contribution < -0.4 is 11.5 Å². The Bertz CT molecular complexity index is 40.2. The van der Waals surface area contributed by atoms with Crippen molar-refractivity contribution in [1.82, 2.24) is 0 Å². The van der Waals surface area contributed by atoms with Gasteiger partial charge < -0.3 is 11.5 Å². The van der Waals surface area contributed by atoms with E-state index in [1.807, 2.05) is 0 Å². The van der Waals surface area contributed by atoms with Crippen molar-refractivity contribution in [3.05, 3.63) is 6.54 Å². The van der Waals surface area contributed by atoms with Gasteiger partial charge in [0.05, 0.1) is 0 Å². The van der Waals surface area contributed by atoms with Crippen molar-refractivity contribution in [2.75, 3.05) is 6.54 Å². The van der Waals surface area contributed by atoms with Crippen LogP contribution in [0.3, 0.4) is 0 Å². The van der Waals surface area contributed by atoms with Gasteiger partial charge in [0.25, 0.3) is 0 Å². The number of rotatable bonds is 6. The second-order valence-corrected chi connectivity index (χ2v) is 2.23. The Balaban J connectivity index is 2.60. The Labute approximate surface area is 57.6 Å². The van der Waals surface area contributed by atoms with Crippen LogP contribution in [0.15, 0.2) is 0 Å². The minimum atomic E-state index is 0.826. The van der Waals surface area contributed by atoms with E-state index in [1.54, 1.807) is 6.54 Å². The van der Waals surface area contributed by atoms with Crippen molar-refractivity contribution in [2.24, 2.45) is 11.5 Å². The molecule has 0 fully saturated rings. The third-order valence-corrected chi connectivity index (χ3v) is 1.32. The second-order valence-electron chi connectivity index (χ2n) is 2.23. The van der Waals surface area contributed by atoms with E-state index in [-0.39, 0.29) is 0 Å². The maximum Gasteiger partial charge on any atom is 0.0192 e. The lowest BCUT2D eigenvalue weighted by Crippen LogP contribution is -1.97. The average Bonchev–Trinajstić information content (AvgIpc) is 1.89. The maximum atomic E-state index is 5.31. The number of nitrogens with two attached hydrogens (primary N) is 2. The number of unbranched alkanes of at least 4 members (excludes halogenated alkanes) is 4. The molecule has 1 radical (unpaired) electrons. The summed E-state index contributed by atoms with van der Waals surface area (Å²) in [7, 11) is 0. The normalized spacial score (nSPS) is 10.0. The zero-order valence-corrected chi connectivity index (χ0v) is 5.97. The maximum absolute atomic E-state index is 5.31. The van der Waals surface area contributed by atoms with Gasteiger partial charge in [0.2, 0.25) is 0 Å². The van der Waals surface area contributed by atoms with Gasteiger partial charge in [-0.25, -0.2) is 0 Å². The van der Waals surface area contributed by atoms with E-state index < -0.39 is 0 Å². The van der Waals surface area contributed by atoms with Crippen molar-refractivity contribution in [3.63, 3.8) is 0 Å². The van der Waals surface area contributed by atoms with Gasteiger partial charge in [-0.05, 0) is 19.4 Å². The molecule has 0 saturated heterocycles. The molecule has 0 amide bonds. The standard InChI is InChI=1S/C7H17N2/c8-6-4-2-1-3-5-7-9/h6H,1-5,7-9H2. The van der Waals surface area contributed by atoms with Gasteiger partial charge in [-0.15, -0.1) is 0 Å². The molecule has 0 atom stereocenters. The summed E-state index contributed by atoms with van der Waals surface area (Å²) in [4.78, 5) is 0. The first-order chi connectivity index (χ1) is 4.41. The minimum Gasteiger partial charge on any atom is -0.330 e. The molecule has 0 aliphatic carbocycles. The SMILES string of the molecule is N[CH]CCCCCCN. The monoisotopic (exact) mass is 129 g/mol. The van der Waals surface area contributed by atoms with Crippen molar-refractivity contribution in [3.8, 4) is 0 Å². The summed E-state index contributed by atoms with van der Waals surface area (Å²) < 4.78 is 0. The van der Waals surface area contributed by atoms with Gasteiger partial charge in [-0.2, -0.15) is 0 Å². The largest absolute Gasteiger partial charge is 0.330 e. The molecule has 9 heavy (non-hydrogen) atoms. The number of hydrogen-bond donors (Lipinski definition) is 2. The molecule has 0 rings (SSSR count). The van der Waals surface area contributed by atoms with E-state index >= 15 is 0 Å². The summed E-state index contributed by atoms with van der Waals surface area (Å²) in [6.07, 6.45) is 5.95. The summed E-state index contributed by atoms with van der Waals surface area (Å²) >= 11 is 0. The molecule has 55 valence electrons. The van der Waals surface area contributed by atoms with Crippen molar-refractivity contribution < 1.29 is 0 Å². The van der Waals surface area contributed by atoms with Gasteiger partial charge in [0.15, 0.2) is 0 Å². The lowest BCUT2D eigenvalue weighted by molar-refractivity contribution is 0.641. The molecule has 0 unspecified atom stereocenters. The topological polar surface area (TPSA) is 52.0 Å². The molecule has 0 aromatic rings. The highest BCUT2D eigenvalue weighted by molar-refractivity contribution is 4.53. The van der Waals surface area contributed by atoms with Gasteiger partial charge >= 0.3 is 0 Å². The molecule has 0 aromatic heterocycles. The molecular formula is C7H17N2. The van der Waals surface area contributed by atoms with E-state index in [4.69, 9.17) is 11.5 Å². The first kappa shape index (κ1) is 8.92. The van der Waals surface area contributed by atoms with E-state index in [2.05, 4.69) is 0 Å². The van der Waals surface area contributed by atoms with Crippen LogP contribution in [-0.4, -0.2) is 6.54 Å². The molecule has 2 nitrogen and oxygen atoms in total. The van der Waals surface area contributed by atoms with Crippen molar-refractivity contribution in [2.45, 2.75) is 32.1 Å². The lowest BCUT2D eigenvalue weighted by atomic mass is 10.1. The molecule has 0 saturated carbocycles. The molecule has 0 bridgehead atoms. The van der Waals surface area contributed by atoms with E-state index in [1.165, 1.54) is 19.3 Å². The Hall–Kier alpha value is -0.0800. The van der Waals surface area contributed by atoms with Crippen LogP contribution in [0.1, 0.15) is 32.1 Å². The third-order valence-electron chi connectivity index (χ3n) is 1.32. The Kier molecular flexibility index (Phi) is 7.85. The van der Waals surface area contributed by atoms with Crippen molar-refractivity contribution in [1.29, 1.82) is 0 Å². The predicted octanol–water partition coefficient (Wildman–Crippen LogP) is 1.02. The Morgan fingerprint density at radius 2 is 1.67 bits per heavy atom. The molecule has 0 heterocycles. The van der Waals surface area contributed by atoms with Crippen molar-refractivity contribution >= 4 is 0 Å². The van der Waals surface area contributed by atoms with E-state index in [0.717, 1.165) is 19.4 Å². The Morgan fingerprint density at radius 3 is 2.22 bits per heavy atom. The van der Waals surface area contributed by atoms with E-state index in [9.17, 15) is 0 Å². The summed E-state index contributed by atoms with van der Waals surface area (Å²) in [5, 5.41) is 0. The highest BCUT2D eigenvalue weighted by atomic mass is 14.5. The molecule has 2 heteroatoms. The second kappa shape index (κ2) is 7.92. The lowest BCUT2D eigenvalue weighted by Gasteiger charge is -1.95. The fraction of sp³-hybridized carbons (Fsp3) is 0.857. The van der Waals surface area contributed by atoms with Crippen LogP contribution in [0.2, 0.25) is 0 Å². The predicted molar refractivity (Wildman–Crippen MR) is 40.6 cm³/mol. The average molecular weight is 129 g/mol. The zero-order valence-electron chi connectivity index (χ0n) is 5.97. The first-order valence-electron chi connectivity index (χ1n) is 3.65. The van der Waals surface area contributed by atoms with Gasteiger partial charge in [-0.3, -0.25) is 0 Å². The van der Waals surface area contributed by atoms with Crippen LogP contribution >= 0.6 is 0 Å². The highest BCUT2D eigenvalue weighted by Crippen LogP contribution is 2.01. The highest BCUT2D eigenvalue weighted by Gasteiger charge is 1.86. The van der Waals surface area contributed by atoms with Crippen LogP contribution in [0.25, 0.3) is 0 Å². The van der Waals surface area contributed by atoms with Crippen LogP contribution in [0.5, 0.6) is 0 Å². The van der Waals surface area contributed by atoms with Crippen LogP contribution in [0.4, 0.5) is 0 Å². The Morgan fingerprint density at radius 1 is 1.00 bits per heavy atom. The summed E-state index contributed by atoms with van der Waals surface area (Å²) in [5.74, 6) is 0. The van der Waals surface area contributed by atoms with Gasteiger partial charge in [0.1, 0.15) is 0 Å². The summed E-state index contributed by atoms with van der Waals surface area (Å²) in [5.41, 5.74) is 10.5. The fourth-order valence-corrected chi connectivity index (χ4v) is 0.760. The van der Waals surface area contributed by atoms with Gasteiger partial charge in [-0.1, -0.05) is 19.3 Å². The minimum absolute atomic E-state index is 0.826. The third kappa shape index (κ3) is 7.92. The molecule has 0 spiro atoms. The zero-order chi connectivity index (χ0) is 6.95. The smallest absolute Gasteiger partial charge is 0.0192 e. The fourth-order valence-electron chi connectivity index (χ4n) is 0.760. The first-order valence-corrected chi connectivity index (χ1v) is 3.65. The molecular weight excluding hydrogens is 112 g/mol. The summed E-state index contributed by atoms with van der Waals surface area (Å²) in [6, 6.07) is 0. The quantitative estimate of drug-likeness (QED) is 0.526. The van der Waals surface area contributed by atoms with E-state index in [0.29, 0.717) is 0 Å². The van der Waals surface area contributed by atoms with Crippen LogP contribution in [0, 0.1) is 6.54 Å². The molecule has 0 aliphatic rings. The van der Waals surface area contributed by atoms with Crippen LogP contribution in [-0.2, 0) is 0 Å². The van der Waals surface area contributed by atoms with Gasteiger partial charge in [0, 0.05) is 6.54 Å². The summed E-state index contributed by atoms with van der Waals surface area (Å²) in [6.45, 7) is 2.55. The number of hydrogen-bond acceptors (Lipinski definition) is 2.